The van der Waals surface area contributed by atoms with Gasteiger partial charge in [-0.1, -0.05) is 27.2 Å². The van der Waals surface area contributed by atoms with Gasteiger partial charge < -0.3 is 10.2 Å². The number of hydrogen-bond donors (Lipinski definition) is 1. The number of nitrogens with zero attached hydrogens (tertiary/aromatic N) is 2. The van der Waals surface area contributed by atoms with Crippen molar-refractivity contribution in [1.82, 2.24) is 10.3 Å². The summed E-state index contributed by atoms with van der Waals surface area (Å²) in [4.78, 5) is 7.20. The maximum atomic E-state index is 4.74. The van der Waals surface area contributed by atoms with Crippen molar-refractivity contribution >= 4 is 5.82 Å². The quantitative estimate of drug-likeness (QED) is 0.861. The second kappa shape index (κ2) is 7.07. The summed E-state index contributed by atoms with van der Waals surface area (Å²) in [6, 6.07) is 4.97. The van der Waals surface area contributed by atoms with Gasteiger partial charge in [0.15, 0.2) is 0 Å². The zero-order chi connectivity index (χ0) is 14.5. The van der Waals surface area contributed by atoms with Gasteiger partial charge in [-0.15, -0.1) is 0 Å². The van der Waals surface area contributed by atoms with Crippen LogP contribution in [0.25, 0.3) is 0 Å². The third-order valence-corrected chi connectivity index (χ3v) is 4.02. The summed E-state index contributed by atoms with van der Waals surface area (Å²) in [6.45, 7) is 12.0. The molecule has 1 unspecified atom stereocenters. The Morgan fingerprint density at radius 2 is 2.20 bits per heavy atom. The van der Waals surface area contributed by atoms with Crippen molar-refractivity contribution in [3.05, 3.63) is 23.4 Å². The van der Waals surface area contributed by atoms with E-state index in [4.69, 9.17) is 4.98 Å². The average molecular weight is 275 g/mol. The molecule has 1 saturated heterocycles. The summed E-state index contributed by atoms with van der Waals surface area (Å²) in [6.07, 6.45) is 3.97. The number of hydrogen-bond acceptors (Lipinski definition) is 3. The lowest BCUT2D eigenvalue weighted by Gasteiger charge is -2.19. The fourth-order valence-electron chi connectivity index (χ4n) is 2.99. The molecular formula is C17H29N3. The van der Waals surface area contributed by atoms with Gasteiger partial charge in [-0.2, -0.15) is 0 Å². The lowest BCUT2D eigenvalue weighted by molar-refractivity contribution is 0.529. The van der Waals surface area contributed by atoms with E-state index in [1.165, 1.54) is 37.2 Å². The summed E-state index contributed by atoms with van der Waals surface area (Å²) in [5.41, 5.74) is 2.47. The minimum atomic E-state index is 0.521. The normalized spacial score (nSPS) is 19.1. The van der Waals surface area contributed by atoms with Crippen molar-refractivity contribution < 1.29 is 0 Å². The van der Waals surface area contributed by atoms with E-state index in [2.05, 4.69) is 50.0 Å². The molecule has 1 N–H and O–H groups in total. The maximum Gasteiger partial charge on any atom is 0.129 e. The molecule has 0 radical (unpaired) electrons. The van der Waals surface area contributed by atoms with Crippen LogP contribution in [-0.2, 0) is 6.54 Å². The van der Waals surface area contributed by atoms with Gasteiger partial charge >= 0.3 is 0 Å². The summed E-state index contributed by atoms with van der Waals surface area (Å²) in [5, 5.41) is 3.49. The molecule has 1 fully saturated rings. The van der Waals surface area contributed by atoms with Gasteiger partial charge in [0.05, 0.1) is 0 Å². The van der Waals surface area contributed by atoms with Crippen LogP contribution in [0.1, 0.15) is 51.3 Å². The lowest BCUT2D eigenvalue weighted by atomic mass is 10.0. The molecule has 20 heavy (non-hydrogen) atoms. The monoisotopic (exact) mass is 275 g/mol. The molecule has 1 atom stereocenters. The van der Waals surface area contributed by atoms with E-state index in [-0.39, 0.29) is 0 Å². The molecule has 0 spiro atoms. The molecule has 0 bridgehead atoms. The first-order chi connectivity index (χ1) is 9.58. The molecule has 1 aliphatic heterocycles. The molecule has 2 heterocycles. The minimum Gasteiger partial charge on any atom is -0.356 e. The van der Waals surface area contributed by atoms with Gasteiger partial charge in [0.2, 0.25) is 0 Å². The Labute approximate surface area is 123 Å². The number of anilines is 1. The van der Waals surface area contributed by atoms with Crippen LogP contribution in [0.5, 0.6) is 0 Å². The van der Waals surface area contributed by atoms with Gasteiger partial charge in [-0.3, -0.25) is 0 Å². The van der Waals surface area contributed by atoms with Crippen LogP contribution >= 0.6 is 0 Å². The largest absolute Gasteiger partial charge is 0.356 e. The Morgan fingerprint density at radius 3 is 2.90 bits per heavy atom. The first kappa shape index (κ1) is 15.3. The molecule has 0 amide bonds. The Hall–Kier alpha value is -1.09. The number of aryl methyl sites for hydroxylation is 1. The van der Waals surface area contributed by atoms with Crippen molar-refractivity contribution in [1.29, 1.82) is 0 Å². The Morgan fingerprint density at radius 1 is 1.40 bits per heavy atom. The fraction of sp³-hybridized carbons (Fsp3) is 0.706. The van der Waals surface area contributed by atoms with E-state index >= 15 is 0 Å². The number of pyridine rings is 1. The number of nitrogens with one attached hydrogen (secondary N) is 1. The molecule has 112 valence electrons. The van der Waals surface area contributed by atoms with Gasteiger partial charge in [0, 0.05) is 31.4 Å². The van der Waals surface area contributed by atoms with E-state index < -0.39 is 0 Å². The van der Waals surface area contributed by atoms with Crippen molar-refractivity contribution in [2.45, 2.75) is 59.5 Å². The van der Waals surface area contributed by atoms with Gasteiger partial charge in [0.1, 0.15) is 5.82 Å². The number of rotatable bonds is 6. The summed E-state index contributed by atoms with van der Waals surface area (Å²) < 4.78 is 0. The third-order valence-electron chi connectivity index (χ3n) is 4.02. The van der Waals surface area contributed by atoms with E-state index in [1.807, 2.05) is 0 Å². The zero-order valence-electron chi connectivity index (χ0n) is 13.4. The summed E-state index contributed by atoms with van der Waals surface area (Å²) in [5.74, 6) is 2.03. The fourth-order valence-corrected chi connectivity index (χ4v) is 2.99. The highest BCUT2D eigenvalue weighted by molar-refractivity contribution is 5.43. The highest BCUT2D eigenvalue weighted by atomic mass is 15.2. The molecule has 0 aliphatic carbocycles. The first-order valence-electron chi connectivity index (χ1n) is 8.04. The predicted octanol–water partition coefficient (Wildman–Crippen LogP) is 3.51. The van der Waals surface area contributed by atoms with Crippen molar-refractivity contribution in [3.8, 4) is 0 Å². The zero-order valence-corrected chi connectivity index (χ0v) is 13.4. The molecule has 2 rings (SSSR count). The van der Waals surface area contributed by atoms with Crippen molar-refractivity contribution in [2.24, 2.45) is 5.92 Å². The van der Waals surface area contributed by atoms with Crippen LogP contribution in [0.15, 0.2) is 12.1 Å². The molecule has 1 aromatic rings. The maximum absolute atomic E-state index is 4.74. The second-order valence-corrected chi connectivity index (χ2v) is 6.40. The minimum absolute atomic E-state index is 0.521. The van der Waals surface area contributed by atoms with Crippen LogP contribution in [0, 0.1) is 12.8 Å². The van der Waals surface area contributed by atoms with Gasteiger partial charge in [-0.25, -0.2) is 4.98 Å². The topological polar surface area (TPSA) is 28.2 Å². The van der Waals surface area contributed by atoms with Crippen molar-refractivity contribution in [3.63, 3.8) is 0 Å². The van der Waals surface area contributed by atoms with E-state index in [0.717, 1.165) is 24.7 Å². The van der Waals surface area contributed by atoms with E-state index in [9.17, 15) is 0 Å². The second-order valence-electron chi connectivity index (χ2n) is 6.40. The molecule has 0 saturated carbocycles. The standard InChI is InChI=1S/C17H29N3/c1-5-6-15-7-8-20(12-15)17-10-16(9-14(4)19-17)11-18-13(2)3/h9-10,13,15,18H,5-8,11-12H2,1-4H3. The molecule has 3 nitrogen and oxygen atoms in total. The van der Waals surface area contributed by atoms with Crippen molar-refractivity contribution in [2.75, 3.05) is 18.0 Å². The van der Waals surface area contributed by atoms with E-state index in [0.29, 0.717) is 6.04 Å². The van der Waals surface area contributed by atoms with Gasteiger partial charge in [-0.05, 0) is 43.4 Å². The lowest BCUT2D eigenvalue weighted by Crippen LogP contribution is -2.24. The molecule has 1 aromatic heterocycles. The van der Waals surface area contributed by atoms with E-state index in [1.54, 1.807) is 0 Å². The molecule has 3 heteroatoms. The van der Waals surface area contributed by atoms with Gasteiger partial charge in [0.25, 0.3) is 0 Å². The predicted molar refractivity (Wildman–Crippen MR) is 86.2 cm³/mol. The third kappa shape index (κ3) is 4.20. The summed E-state index contributed by atoms with van der Waals surface area (Å²) in [7, 11) is 0. The average Bonchev–Trinajstić information content (AvgIpc) is 2.85. The molecule has 0 aromatic carbocycles. The van der Waals surface area contributed by atoms with Crippen LogP contribution in [0.3, 0.4) is 0 Å². The molecular weight excluding hydrogens is 246 g/mol. The Balaban J connectivity index is 2.04. The summed E-state index contributed by atoms with van der Waals surface area (Å²) >= 11 is 0. The van der Waals surface area contributed by atoms with Crippen LogP contribution < -0.4 is 10.2 Å². The Kier molecular flexibility index (Phi) is 5.41. The number of aromatic nitrogens is 1. The SMILES string of the molecule is CCCC1CCN(c2cc(CNC(C)C)cc(C)n2)C1. The Bertz CT molecular complexity index is 428. The van der Waals surface area contributed by atoms with Crippen LogP contribution in [-0.4, -0.2) is 24.1 Å². The highest BCUT2D eigenvalue weighted by Crippen LogP contribution is 2.26. The van der Waals surface area contributed by atoms with Crippen LogP contribution in [0.2, 0.25) is 0 Å². The smallest absolute Gasteiger partial charge is 0.129 e. The molecule has 1 aliphatic rings. The highest BCUT2D eigenvalue weighted by Gasteiger charge is 2.23. The van der Waals surface area contributed by atoms with Crippen LogP contribution in [0.4, 0.5) is 5.82 Å². The first-order valence-corrected chi connectivity index (χ1v) is 8.04.